The lowest BCUT2D eigenvalue weighted by molar-refractivity contribution is -0.110. The maximum atomic E-state index is 12.4. The quantitative estimate of drug-likeness (QED) is 0.462. The van der Waals surface area contributed by atoms with Crippen molar-refractivity contribution in [3.05, 3.63) is 144 Å². The van der Waals surface area contributed by atoms with Crippen LogP contribution in [0, 0.1) is 0 Å². The third kappa shape index (κ3) is 3.67. The molecule has 0 aliphatic carbocycles. The molecule has 5 rings (SSSR count). The fourth-order valence-corrected chi connectivity index (χ4v) is 4.80. The maximum absolute atomic E-state index is 12.4. The van der Waals surface area contributed by atoms with Crippen LogP contribution in [0.5, 0.6) is 0 Å². The Morgan fingerprint density at radius 3 is 0.939 bits per heavy atom. The van der Waals surface area contributed by atoms with Crippen LogP contribution in [0.2, 0.25) is 0 Å². The molecule has 1 saturated heterocycles. The standard InChI is InChI=1S/C29H26O4/c30-28(22-13-5-1-6-14-22,23-15-7-2-8-16-23)26-27(33-21-32-26)29(31,24-17-9-3-10-18-24)25-19-11-4-12-20-25/h1-20,26-27,30-31H,21H2/t26-,27-/m1/s1. The Morgan fingerprint density at radius 2 is 0.697 bits per heavy atom. The van der Waals surface area contributed by atoms with E-state index in [9.17, 15) is 10.2 Å². The molecule has 1 aliphatic heterocycles. The molecule has 166 valence electrons. The van der Waals surface area contributed by atoms with E-state index in [1.54, 1.807) is 0 Å². The van der Waals surface area contributed by atoms with Gasteiger partial charge in [-0.25, -0.2) is 0 Å². The molecule has 0 saturated carbocycles. The van der Waals surface area contributed by atoms with Gasteiger partial charge in [0, 0.05) is 0 Å². The van der Waals surface area contributed by atoms with Gasteiger partial charge < -0.3 is 19.7 Å². The highest BCUT2D eigenvalue weighted by Gasteiger charge is 2.57. The lowest BCUT2D eigenvalue weighted by atomic mass is 9.72. The van der Waals surface area contributed by atoms with Crippen molar-refractivity contribution < 1.29 is 19.7 Å². The summed E-state index contributed by atoms with van der Waals surface area (Å²) >= 11 is 0. The summed E-state index contributed by atoms with van der Waals surface area (Å²) < 4.78 is 12.2. The van der Waals surface area contributed by atoms with E-state index in [1.165, 1.54) is 0 Å². The van der Waals surface area contributed by atoms with E-state index >= 15 is 0 Å². The van der Waals surface area contributed by atoms with Crippen LogP contribution in [0.3, 0.4) is 0 Å². The van der Waals surface area contributed by atoms with Crippen LogP contribution in [0.25, 0.3) is 0 Å². The van der Waals surface area contributed by atoms with Crippen LogP contribution in [-0.4, -0.2) is 29.2 Å². The van der Waals surface area contributed by atoms with E-state index in [1.807, 2.05) is 121 Å². The van der Waals surface area contributed by atoms with Gasteiger partial charge in [0.2, 0.25) is 0 Å². The van der Waals surface area contributed by atoms with E-state index in [4.69, 9.17) is 9.47 Å². The molecule has 4 aromatic carbocycles. The fraction of sp³-hybridized carbons (Fsp3) is 0.172. The van der Waals surface area contributed by atoms with E-state index < -0.39 is 23.4 Å². The predicted octanol–water partition coefficient (Wildman–Crippen LogP) is 4.60. The molecule has 2 atom stereocenters. The highest BCUT2D eigenvalue weighted by Crippen LogP contribution is 2.46. The van der Waals surface area contributed by atoms with Gasteiger partial charge in [-0.1, -0.05) is 121 Å². The van der Waals surface area contributed by atoms with Crippen molar-refractivity contribution in [2.75, 3.05) is 6.79 Å². The normalized spacial score (nSPS) is 18.8. The van der Waals surface area contributed by atoms with Gasteiger partial charge >= 0.3 is 0 Å². The van der Waals surface area contributed by atoms with Gasteiger partial charge in [-0.2, -0.15) is 0 Å². The summed E-state index contributed by atoms with van der Waals surface area (Å²) in [4.78, 5) is 0. The Bertz CT molecular complexity index is 989. The average molecular weight is 439 g/mol. The Morgan fingerprint density at radius 1 is 0.455 bits per heavy atom. The van der Waals surface area contributed by atoms with Crippen molar-refractivity contribution in [1.82, 2.24) is 0 Å². The van der Waals surface area contributed by atoms with Gasteiger partial charge in [0.1, 0.15) is 30.2 Å². The number of hydrogen-bond acceptors (Lipinski definition) is 4. The first-order valence-corrected chi connectivity index (χ1v) is 11.0. The monoisotopic (exact) mass is 438 g/mol. The van der Waals surface area contributed by atoms with Gasteiger partial charge in [0.05, 0.1) is 0 Å². The summed E-state index contributed by atoms with van der Waals surface area (Å²) in [5.74, 6) is 0. The lowest BCUT2D eigenvalue weighted by Crippen LogP contribution is -2.54. The van der Waals surface area contributed by atoms with Gasteiger partial charge in [0.15, 0.2) is 0 Å². The summed E-state index contributed by atoms with van der Waals surface area (Å²) in [6.07, 6.45) is -1.76. The van der Waals surface area contributed by atoms with E-state index in [2.05, 4.69) is 0 Å². The SMILES string of the molecule is OC(c1ccccc1)(c1ccccc1)[C@@H]1OCO[C@H]1C(O)(c1ccccc1)c1ccccc1. The molecule has 4 aromatic rings. The van der Waals surface area contributed by atoms with Crippen LogP contribution < -0.4 is 0 Å². The second kappa shape index (κ2) is 8.93. The van der Waals surface area contributed by atoms with Crippen LogP contribution in [0.1, 0.15) is 22.3 Å². The first-order valence-electron chi connectivity index (χ1n) is 11.0. The molecule has 0 unspecified atom stereocenters. The Balaban J connectivity index is 1.70. The minimum atomic E-state index is -1.55. The zero-order valence-electron chi connectivity index (χ0n) is 18.1. The molecule has 1 heterocycles. The summed E-state index contributed by atoms with van der Waals surface area (Å²) in [6, 6.07) is 37.7. The van der Waals surface area contributed by atoms with Crippen LogP contribution in [0.4, 0.5) is 0 Å². The smallest absolute Gasteiger partial charge is 0.148 e. The van der Waals surface area contributed by atoms with Crippen molar-refractivity contribution in [2.45, 2.75) is 23.4 Å². The largest absolute Gasteiger partial charge is 0.378 e. The van der Waals surface area contributed by atoms with Gasteiger partial charge in [-0.3, -0.25) is 0 Å². The molecule has 33 heavy (non-hydrogen) atoms. The second-order valence-corrected chi connectivity index (χ2v) is 8.29. The fourth-order valence-electron chi connectivity index (χ4n) is 4.80. The van der Waals surface area contributed by atoms with E-state index in [0.29, 0.717) is 22.3 Å². The van der Waals surface area contributed by atoms with Crippen LogP contribution in [-0.2, 0) is 20.7 Å². The van der Waals surface area contributed by atoms with E-state index in [0.717, 1.165) is 0 Å². The Kier molecular flexibility index (Phi) is 5.83. The third-order valence-corrected chi connectivity index (χ3v) is 6.45. The molecule has 4 nitrogen and oxygen atoms in total. The molecule has 1 aliphatic rings. The Labute approximate surface area is 193 Å². The van der Waals surface area contributed by atoms with Crippen molar-refractivity contribution in [3.63, 3.8) is 0 Å². The van der Waals surface area contributed by atoms with Crippen molar-refractivity contribution in [2.24, 2.45) is 0 Å². The molecule has 0 aromatic heterocycles. The predicted molar refractivity (Wildman–Crippen MR) is 126 cm³/mol. The zero-order chi connectivity index (χ0) is 22.7. The maximum Gasteiger partial charge on any atom is 0.148 e. The number of ether oxygens (including phenoxy) is 2. The van der Waals surface area contributed by atoms with Gasteiger partial charge in [0.25, 0.3) is 0 Å². The molecule has 0 spiro atoms. The molecule has 0 bridgehead atoms. The number of benzene rings is 4. The highest BCUT2D eigenvalue weighted by molar-refractivity contribution is 5.43. The van der Waals surface area contributed by atoms with Crippen LogP contribution >= 0.6 is 0 Å². The summed E-state index contributed by atoms with van der Waals surface area (Å²) in [6.45, 7) is -0.0424. The van der Waals surface area contributed by atoms with Crippen LogP contribution in [0.15, 0.2) is 121 Å². The zero-order valence-corrected chi connectivity index (χ0v) is 18.1. The van der Waals surface area contributed by atoms with Gasteiger partial charge in [-0.15, -0.1) is 0 Å². The number of hydrogen-bond donors (Lipinski definition) is 2. The average Bonchev–Trinajstić information content (AvgIpc) is 3.41. The van der Waals surface area contributed by atoms with Crippen molar-refractivity contribution in [1.29, 1.82) is 0 Å². The molecule has 4 heteroatoms. The molecule has 1 fully saturated rings. The molecule has 0 amide bonds. The minimum absolute atomic E-state index is 0.0424. The highest BCUT2D eigenvalue weighted by atomic mass is 16.7. The molecule has 2 N–H and O–H groups in total. The second-order valence-electron chi connectivity index (χ2n) is 8.29. The summed E-state index contributed by atoms with van der Waals surface area (Å²) in [5, 5.41) is 24.7. The third-order valence-electron chi connectivity index (χ3n) is 6.45. The summed E-state index contributed by atoms with van der Waals surface area (Å²) in [7, 11) is 0. The van der Waals surface area contributed by atoms with Crippen molar-refractivity contribution in [3.8, 4) is 0 Å². The molecule has 0 radical (unpaired) electrons. The Hall–Kier alpha value is -3.28. The molecular weight excluding hydrogens is 412 g/mol. The minimum Gasteiger partial charge on any atom is -0.378 e. The van der Waals surface area contributed by atoms with Gasteiger partial charge in [-0.05, 0) is 22.3 Å². The first kappa shape index (κ1) is 21.6. The lowest BCUT2D eigenvalue weighted by Gasteiger charge is -2.42. The van der Waals surface area contributed by atoms with E-state index in [-0.39, 0.29) is 6.79 Å². The number of aliphatic hydroxyl groups is 2. The molecular formula is C29H26O4. The first-order chi connectivity index (χ1) is 16.1. The number of rotatable bonds is 6. The summed E-state index contributed by atoms with van der Waals surface area (Å²) in [5.41, 5.74) is -0.441. The van der Waals surface area contributed by atoms with Crippen molar-refractivity contribution >= 4 is 0 Å². The topological polar surface area (TPSA) is 58.9 Å².